The first-order valence-corrected chi connectivity index (χ1v) is 5.46. The molecule has 1 atom stereocenters. The van der Waals surface area contributed by atoms with E-state index in [2.05, 4.69) is 0 Å². The van der Waals surface area contributed by atoms with Crippen LogP contribution >= 0.6 is 11.3 Å². The molecule has 0 bridgehead atoms. The molecule has 0 fully saturated rings. The van der Waals surface area contributed by atoms with Crippen molar-refractivity contribution in [2.75, 3.05) is 7.05 Å². The summed E-state index contributed by atoms with van der Waals surface area (Å²) in [5, 5.41) is 12.5. The Morgan fingerprint density at radius 1 is 1.60 bits per heavy atom. The van der Waals surface area contributed by atoms with Crippen LogP contribution in [0.4, 0.5) is 0 Å². The maximum Gasteiger partial charge on any atom is 0.326 e. The Morgan fingerprint density at radius 3 is 2.73 bits per heavy atom. The van der Waals surface area contributed by atoms with Gasteiger partial charge in [0, 0.05) is 7.05 Å². The van der Waals surface area contributed by atoms with Gasteiger partial charge in [0.25, 0.3) is 0 Å². The Hall–Kier alpha value is -1.36. The number of hydrogen-bond acceptors (Lipinski definition) is 3. The smallest absolute Gasteiger partial charge is 0.326 e. The molecule has 1 N–H and O–H groups in total. The summed E-state index contributed by atoms with van der Waals surface area (Å²) >= 11 is 1.52. The van der Waals surface area contributed by atoms with E-state index in [1.54, 1.807) is 0 Å². The lowest BCUT2D eigenvalue weighted by Gasteiger charge is -2.21. The predicted molar refractivity (Wildman–Crippen MR) is 57.9 cm³/mol. The Balaban J connectivity index is 2.57. The van der Waals surface area contributed by atoms with Gasteiger partial charge in [-0.3, -0.25) is 4.79 Å². The van der Waals surface area contributed by atoms with Gasteiger partial charge in [-0.05, 0) is 29.3 Å². The van der Waals surface area contributed by atoms with Gasteiger partial charge < -0.3 is 10.0 Å². The van der Waals surface area contributed by atoms with Crippen molar-refractivity contribution in [2.45, 2.75) is 19.4 Å². The van der Waals surface area contributed by atoms with Crippen molar-refractivity contribution in [2.24, 2.45) is 0 Å². The zero-order chi connectivity index (χ0) is 11.4. The van der Waals surface area contributed by atoms with E-state index in [1.165, 1.54) is 30.2 Å². The van der Waals surface area contributed by atoms with Gasteiger partial charge in [0.15, 0.2) is 0 Å². The van der Waals surface area contributed by atoms with E-state index in [4.69, 9.17) is 5.11 Å². The average Bonchev–Trinajstić information content (AvgIpc) is 2.67. The fourth-order valence-corrected chi connectivity index (χ4v) is 1.74. The van der Waals surface area contributed by atoms with Crippen molar-refractivity contribution >= 4 is 23.2 Å². The van der Waals surface area contributed by atoms with Gasteiger partial charge in [-0.1, -0.05) is 0 Å². The zero-order valence-corrected chi connectivity index (χ0v) is 9.45. The predicted octanol–water partition coefficient (Wildman–Crippen LogP) is 1.22. The first kappa shape index (κ1) is 11.7. The van der Waals surface area contributed by atoms with Crippen LogP contribution in [0, 0.1) is 0 Å². The van der Waals surface area contributed by atoms with Gasteiger partial charge in [-0.2, -0.15) is 11.3 Å². The molecule has 0 aliphatic heterocycles. The molecule has 1 aromatic heterocycles. The van der Waals surface area contributed by atoms with Crippen molar-refractivity contribution < 1.29 is 14.7 Å². The molecule has 1 unspecified atom stereocenters. The number of amides is 1. The van der Waals surface area contributed by atoms with Crippen LogP contribution in [0.2, 0.25) is 0 Å². The van der Waals surface area contributed by atoms with Crippen LogP contribution in [0.5, 0.6) is 0 Å². The SMILES string of the molecule is CC(C(=O)O)N(C)C(=O)Cc1ccsc1. The minimum atomic E-state index is -0.990. The van der Waals surface area contributed by atoms with Crippen LogP contribution in [0.15, 0.2) is 16.8 Å². The molecule has 0 spiro atoms. The molecule has 1 aromatic rings. The summed E-state index contributed by atoms with van der Waals surface area (Å²) in [6.45, 7) is 1.49. The molecule has 1 rings (SSSR count). The van der Waals surface area contributed by atoms with Crippen molar-refractivity contribution in [1.82, 2.24) is 4.90 Å². The lowest BCUT2D eigenvalue weighted by atomic mass is 10.2. The molecular formula is C10H13NO3S. The van der Waals surface area contributed by atoms with Crippen molar-refractivity contribution in [3.63, 3.8) is 0 Å². The number of hydrogen-bond donors (Lipinski definition) is 1. The largest absolute Gasteiger partial charge is 0.480 e. The molecule has 0 aromatic carbocycles. The number of thiophene rings is 1. The minimum Gasteiger partial charge on any atom is -0.480 e. The van der Waals surface area contributed by atoms with Gasteiger partial charge >= 0.3 is 5.97 Å². The molecule has 4 nitrogen and oxygen atoms in total. The Morgan fingerprint density at radius 2 is 2.27 bits per heavy atom. The highest BCUT2D eigenvalue weighted by atomic mass is 32.1. The average molecular weight is 227 g/mol. The number of rotatable bonds is 4. The first-order valence-electron chi connectivity index (χ1n) is 4.52. The van der Waals surface area contributed by atoms with Gasteiger partial charge in [0.1, 0.15) is 6.04 Å². The number of carboxylic acids is 1. The van der Waals surface area contributed by atoms with Crippen molar-refractivity contribution in [3.8, 4) is 0 Å². The van der Waals surface area contributed by atoms with E-state index in [9.17, 15) is 9.59 Å². The summed E-state index contributed by atoms with van der Waals surface area (Å²) in [7, 11) is 1.51. The van der Waals surface area contributed by atoms with E-state index in [-0.39, 0.29) is 12.3 Å². The van der Waals surface area contributed by atoms with Crippen molar-refractivity contribution in [3.05, 3.63) is 22.4 Å². The third-order valence-electron chi connectivity index (χ3n) is 2.27. The molecule has 82 valence electrons. The standard InChI is InChI=1S/C10H13NO3S/c1-7(10(13)14)11(2)9(12)5-8-3-4-15-6-8/h3-4,6-7H,5H2,1-2H3,(H,13,14). The molecule has 15 heavy (non-hydrogen) atoms. The molecule has 0 radical (unpaired) electrons. The van der Waals surface area contributed by atoms with Gasteiger partial charge in [-0.25, -0.2) is 4.79 Å². The third-order valence-corrected chi connectivity index (χ3v) is 3.00. The summed E-state index contributed by atoms with van der Waals surface area (Å²) in [6, 6.07) is 1.08. The zero-order valence-electron chi connectivity index (χ0n) is 8.64. The Labute approximate surface area is 92.1 Å². The van der Waals surface area contributed by atoms with Gasteiger partial charge in [0.05, 0.1) is 6.42 Å². The summed E-state index contributed by atoms with van der Waals surface area (Å²) in [5.74, 6) is -1.17. The van der Waals surface area contributed by atoms with E-state index in [0.717, 1.165) is 5.56 Å². The van der Waals surface area contributed by atoms with E-state index in [0.29, 0.717) is 0 Å². The lowest BCUT2D eigenvalue weighted by Crippen LogP contribution is -2.40. The Bertz CT molecular complexity index is 348. The topological polar surface area (TPSA) is 57.6 Å². The third kappa shape index (κ3) is 3.06. The highest BCUT2D eigenvalue weighted by Crippen LogP contribution is 2.09. The molecule has 0 saturated heterocycles. The molecular weight excluding hydrogens is 214 g/mol. The minimum absolute atomic E-state index is 0.177. The Kier molecular flexibility index (Phi) is 3.85. The highest BCUT2D eigenvalue weighted by Gasteiger charge is 2.21. The normalized spacial score (nSPS) is 12.1. The number of likely N-dealkylation sites (N-methyl/N-ethyl adjacent to an activating group) is 1. The fraction of sp³-hybridized carbons (Fsp3) is 0.400. The number of nitrogens with zero attached hydrogens (tertiary/aromatic N) is 1. The second-order valence-corrected chi connectivity index (χ2v) is 4.11. The van der Waals surface area contributed by atoms with Crippen molar-refractivity contribution in [1.29, 1.82) is 0 Å². The van der Waals surface area contributed by atoms with Gasteiger partial charge in [0.2, 0.25) is 5.91 Å². The van der Waals surface area contributed by atoms with Crippen LogP contribution < -0.4 is 0 Å². The first-order chi connectivity index (χ1) is 7.02. The fourth-order valence-electron chi connectivity index (χ4n) is 1.07. The van der Waals surface area contributed by atoms with Crippen LogP contribution in [0.3, 0.4) is 0 Å². The van der Waals surface area contributed by atoms with E-state index in [1.807, 2.05) is 16.8 Å². The quantitative estimate of drug-likeness (QED) is 0.841. The second-order valence-electron chi connectivity index (χ2n) is 3.33. The molecule has 1 amide bonds. The number of carbonyl (C=O) groups excluding carboxylic acids is 1. The maximum atomic E-state index is 11.6. The van der Waals surface area contributed by atoms with Crippen LogP contribution in [-0.4, -0.2) is 35.0 Å². The summed E-state index contributed by atoms with van der Waals surface area (Å²) < 4.78 is 0. The highest BCUT2D eigenvalue weighted by molar-refractivity contribution is 7.07. The second kappa shape index (κ2) is 4.93. The summed E-state index contributed by atoms with van der Waals surface area (Å²) in [5.41, 5.74) is 0.925. The summed E-state index contributed by atoms with van der Waals surface area (Å²) in [4.78, 5) is 23.5. The summed E-state index contributed by atoms with van der Waals surface area (Å²) in [6.07, 6.45) is 0.262. The molecule has 1 heterocycles. The lowest BCUT2D eigenvalue weighted by molar-refractivity contribution is -0.147. The van der Waals surface area contributed by atoms with Crippen LogP contribution in [0.1, 0.15) is 12.5 Å². The van der Waals surface area contributed by atoms with Crippen LogP contribution in [0.25, 0.3) is 0 Å². The van der Waals surface area contributed by atoms with Gasteiger partial charge in [-0.15, -0.1) is 0 Å². The maximum absolute atomic E-state index is 11.6. The van der Waals surface area contributed by atoms with E-state index >= 15 is 0 Å². The molecule has 0 saturated carbocycles. The van der Waals surface area contributed by atoms with E-state index < -0.39 is 12.0 Å². The van der Waals surface area contributed by atoms with Crippen LogP contribution in [-0.2, 0) is 16.0 Å². The molecule has 5 heteroatoms. The molecule has 0 aliphatic carbocycles. The number of carbonyl (C=O) groups is 2. The molecule has 0 aliphatic rings. The monoisotopic (exact) mass is 227 g/mol. The number of aliphatic carboxylic acids is 1. The number of carboxylic acid groups (broad SMARTS) is 1.